The number of aromatic nitrogens is 1. The van der Waals surface area contributed by atoms with Crippen LogP contribution in [0.2, 0.25) is 0 Å². The highest BCUT2D eigenvalue weighted by Crippen LogP contribution is 2.36. The van der Waals surface area contributed by atoms with E-state index in [1.165, 1.54) is 32.9 Å². The van der Waals surface area contributed by atoms with E-state index in [1.54, 1.807) is 0 Å². The Morgan fingerprint density at radius 3 is 2.00 bits per heavy atom. The van der Waals surface area contributed by atoms with Crippen molar-refractivity contribution in [3.8, 4) is 16.8 Å². The normalized spacial score (nSPS) is 11.1. The summed E-state index contributed by atoms with van der Waals surface area (Å²) < 4.78 is 2.35. The first-order valence-corrected chi connectivity index (χ1v) is 11.5. The van der Waals surface area contributed by atoms with Gasteiger partial charge in [-0.05, 0) is 77.4 Å². The van der Waals surface area contributed by atoms with Crippen molar-refractivity contribution < 1.29 is 0 Å². The maximum Gasteiger partial charge on any atom is 0.0542 e. The van der Waals surface area contributed by atoms with Gasteiger partial charge in [0.1, 0.15) is 0 Å². The Kier molecular flexibility index (Phi) is 4.97. The molecule has 0 radical (unpaired) electrons. The highest BCUT2D eigenvalue weighted by atomic mass is 15.0. The number of anilines is 2. The third-order valence-corrected chi connectivity index (χ3v) is 6.30. The van der Waals surface area contributed by atoms with E-state index in [2.05, 4.69) is 120 Å². The lowest BCUT2D eigenvalue weighted by molar-refractivity contribution is 1.18. The second kappa shape index (κ2) is 8.42. The quantitative estimate of drug-likeness (QED) is 0.286. The van der Waals surface area contributed by atoms with Crippen LogP contribution < -0.4 is 5.32 Å². The highest BCUT2D eigenvalue weighted by molar-refractivity contribution is 6.11. The fourth-order valence-electron chi connectivity index (χ4n) is 4.67. The van der Waals surface area contributed by atoms with Crippen molar-refractivity contribution in [2.45, 2.75) is 0 Å². The van der Waals surface area contributed by atoms with Gasteiger partial charge in [0.05, 0.1) is 11.0 Å². The first kappa shape index (κ1) is 20.1. The van der Waals surface area contributed by atoms with Gasteiger partial charge in [-0.1, -0.05) is 73.3 Å². The molecular weight excluding hydrogens is 412 g/mol. The van der Waals surface area contributed by atoms with E-state index >= 15 is 0 Å². The molecule has 34 heavy (non-hydrogen) atoms. The van der Waals surface area contributed by atoms with Gasteiger partial charge in [-0.3, -0.25) is 0 Å². The Balaban J connectivity index is 1.58. The summed E-state index contributed by atoms with van der Waals surface area (Å²) in [5, 5.41) is 6.01. The molecule has 0 aliphatic carbocycles. The molecule has 162 valence electrons. The largest absolute Gasteiger partial charge is 0.356 e. The lowest BCUT2D eigenvalue weighted by atomic mass is 10.0. The summed E-state index contributed by atoms with van der Waals surface area (Å²) in [5.41, 5.74) is 9.22. The summed E-state index contributed by atoms with van der Waals surface area (Å²) in [7, 11) is 0. The third kappa shape index (κ3) is 3.56. The van der Waals surface area contributed by atoms with Crippen molar-refractivity contribution in [1.82, 2.24) is 4.57 Å². The summed E-state index contributed by atoms with van der Waals surface area (Å²) in [5.74, 6) is 0. The van der Waals surface area contributed by atoms with Crippen molar-refractivity contribution in [3.05, 3.63) is 133 Å². The lowest BCUT2D eigenvalue weighted by Crippen LogP contribution is -1.93. The maximum absolute atomic E-state index is 3.93. The van der Waals surface area contributed by atoms with Gasteiger partial charge in [-0.2, -0.15) is 0 Å². The Hall–Kier alpha value is -4.56. The molecule has 0 aliphatic rings. The van der Waals surface area contributed by atoms with E-state index in [-0.39, 0.29) is 0 Å². The lowest BCUT2D eigenvalue weighted by Gasteiger charge is -2.09. The zero-order valence-corrected chi connectivity index (χ0v) is 18.8. The maximum atomic E-state index is 3.93. The fraction of sp³-hybridized carbons (Fsp3) is 0. The predicted molar refractivity (Wildman–Crippen MR) is 146 cm³/mol. The van der Waals surface area contributed by atoms with Gasteiger partial charge in [0.25, 0.3) is 0 Å². The van der Waals surface area contributed by atoms with Gasteiger partial charge in [0, 0.05) is 27.8 Å². The van der Waals surface area contributed by atoms with Crippen LogP contribution in [0.3, 0.4) is 0 Å². The molecule has 0 spiro atoms. The third-order valence-electron chi connectivity index (χ3n) is 6.30. The molecule has 0 unspecified atom stereocenters. The molecule has 2 heteroatoms. The van der Waals surface area contributed by atoms with E-state index in [4.69, 9.17) is 0 Å². The van der Waals surface area contributed by atoms with Crippen LogP contribution in [0, 0.1) is 0 Å². The van der Waals surface area contributed by atoms with Crippen LogP contribution in [0.5, 0.6) is 0 Å². The van der Waals surface area contributed by atoms with Crippen LogP contribution in [0.1, 0.15) is 5.56 Å². The Bertz CT molecular complexity index is 1630. The minimum atomic E-state index is 1.07. The van der Waals surface area contributed by atoms with Crippen LogP contribution in [0.15, 0.2) is 128 Å². The molecule has 0 amide bonds. The number of rotatable bonds is 5. The summed E-state index contributed by atoms with van der Waals surface area (Å²) >= 11 is 0. The molecule has 0 saturated heterocycles. The average Bonchev–Trinajstić information content (AvgIpc) is 3.23. The summed E-state index contributed by atoms with van der Waals surface area (Å²) in [4.78, 5) is 0. The number of hydrogen-bond donors (Lipinski definition) is 1. The van der Waals surface area contributed by atoms with Gasteiger partial charge in [0.2, 0.25) is 0 Å². The van der Waals surface area contributed by atoms with Crippen LogP contribution in [-0.2, 0) is 0 Å². The highest BCUT2D eigenvalue weighted by Gasteiger charge is 2.14. The minimum Gasteiger partial charge on any atom is -0.356 e. The minimum absolute atomic E-state index is 1.07. The SMILES string of the molecule is C=Cc1cccc(-c2ccc3c(c2)c2cc(Nc4ccccc4)ccc2n3-c2ccccc2)c1. The summed E-state index contributed by atoms with van der Waals surface area (Å²) in [6.45, 7) is 3.93. The smallest absolute Gasteiger partial charge is 0.0542 e. The second-order valence-electron chi connectivity index (χ2n) is 8.46. The van der Waals surface area contributed by atoms with Gasteiger partial charge < -0.3 is 9.88 Å². The molecule has 0 fully saturated rings. The van der Waals surface area contributed by atoms with Gasteiger partial charge in [0.15, 0.2) is 0 Å². The fourth-order valence-corrected chi connectivity index (χ4v) is 4.67. The molecule has 0 atom stereocenters. The summed E-state index contributed by atoms with van der Waals surface area (Å²) in [6.07, 6.45) is 1.89. The van der Waals surface area contributed by atoms with Crippen LogP contribution in [0.4, 0.5) is 11.4 Å². The number of para-hydroxylation sites is 2. The van der Waals surface area contributed by atoms with E-state index in [1.807, 2.05) is 24.3 Å². The first-order valence-electron chi connectivity index (χ1n) is 11.5. The van der Waals surface area contributed by atoms with Crippen LogP contribution in [-0.4, -0.2) is 4.57 Å². The zero-order chi connectivity index (χ0) is 22.9. The molecule has 0 saturated carbocycles. The number of benzene rings is 5. The van der Waals surface area contributed by atoms with Gasteiger partial charge >= 0.3 is 0 Å². The zero-order valence-electron chi connectivity index (χ0n) is 18.8. The van der Waals surface area contributed by atoms with Crippen molar-refractivity contribution in [3.63, 3.8) is 0 Å². The molecule has 6 rings (SSSR count). The van der Waals surface area contributed by atoms with Crippen LogP contribution >= 0.6 is 0 Å². The molecule has 2 nitrogen and oxygen atoms in total. The number of nitrogens with zero attached hydrogens (tertiary/aromatic N) is 1. The number of fused-ring (bicyclic) bond motifs is 3. The first-order chi connectivity index (χ1) is 16.8. The van der Waals surface area contributed by atoms with Gasteiger partial charge in [-0.15, -0.1) is 0 Å². The standard InChI is InChI=1S/C32H24N2/c1-2-23-10-9-11-24(20-23)25-16-18-31-29(21-25)30-22-27(33-26-12-5-3-6-13-26)17-19-32(30)34(31)28-14-7-4-8-15-28/h2-22,33H,1H2. The second-order valence-corrected chi connectivity index (χ2v) is 8.46. The number of hydrogen-bond acceptors (Lipinski definition) is 1. The van der Waals surface area contributed by atoms with E-state index < -0.39 is 0 Å². The number of nitrogens with one attached hydrogen (secondary N) is 1. The molecule has 1 heterocycles. The monoisotopic (exact) mass is 436 g/mol. The molecule has 0 bridgehead atoms. The van der Waals surface area contributed by atoms with Gasteiger partial charge in [-0.25, -0.2) is 0 Å². The van der Waals surface area contributed by atoms with Crippen molar-refractivity contribution in [2.24, 2.45) is 0 Å². The van der Waals surface area contributed by atoms with E-state index in [9.17, 15) is 0 Å². The van der Waals surface area contributed by atoms with Crippen LogP contribution in [0.25, 0.3) is 44.7 Å². The molecule has 1 N–H and O–H groups in total. The topological polar surface area (TPSA) is 17.0 Å². The van der Waals surface area contributed by atoms with Crippen molar-refractivity contribution in [2.75, 3.05) is 5.32 Å². The molecule has 0 aliphatic heterocycles. The molecule has 6 aromatic rings. The molecule has 5 aromatic carbocycles. The van der Waals surface area contributed by atoms with E-state index in [0.29, 0.717) is 0 Å². The van der Waals surface area contributed by atoms with E-state index in [0.717, 1.165) is 22.6 Å². The average molecular weight is 437 g/mol. The Morgan fingerprint density at radius 2 is 1.24 bits per heavy atom. The molecule has 1 aromatic heterocycles. The summed E-state index contributed by atoms with van der Waals surface area (Å²) in [6, 6.07) is 42.8. The predicted octanol–water partition coefficient (Wildman–Crippen LogP) is 8.84. The Labute approximate surface area is 199 Å². The Morgan fingerprint density at radius 1 is 0.559 bits per heavy atom. The van der Waals surface area contributed by atoms with Crippen molar-refractivity contribution >= 4 is 39.3 Å². The molecular formula is C32H24N2. The van der Waals surface area contributed by atoms with Crippen molar-refractivity contribution in [1.29, 1.82) is 0 Å².